The van der Waals surface area contributed by atoms with Crippen LogP contribution in [0.1, 0.15) is 21.6 Å². The third-order valence-corrected chi connectivity index (χ3v) is 4.42. The van der Waals surface area contributed by atoms with Gasteiger partial charge in [-0.25, -0.2) is 0 Å². The van der Waals surface area contributed by atoms with Crippen LogP contribution in [0.15, 0.2) is 48.5 Å². The van der Waals surface area contributed by atoms with Gasteiger partial charge < -0.3 is 14.8 Å². The van der Waals surface area contributed by atoms with Crippen molar-refractivity contribution in [3.8, 4) is 0 Å². The number of nitrogens with one attached hydrogen (secondary N) is 1. The Balaban J connectivity index is 1.83. The van der Waals surface area contributed by atoms with Gasteiger partial charge in [0.05, 0.1) is 6.54 Å². The Kier molecular flexibility index (Phi) is 4.30. The van der Waals surface area contributed by atoms with E-state index in [9.17, 15) is 4.79 Å². The first kappa shape index (κ1) is 16.1. The smallest absolute Gasteiger partial charge is 0.254 e. The molecular weight excluding hydrogens is 298 g/mol. The van der Waals surface area contributed by atoms with Crippen molar-refractivity contribution < 1.29 is 4.79 Å². The van der Waals surface area contributed by atoms with Gasteiger partial charge in [0, 0.05) is 49.0 Å². The molecule has 0 unspecified atom stereocenters. The van der Waals surface area contributed by atoms with Crippen molar-refractivity contribution in [1.82, 2.24) is 9.88 Å². The molecule has 124 valence electrons. The minimum absolute atomic E-state index is 0.0248. The second-order valence-corrected chi connectivity index (χ2v) is 6.38. The molecule has 1 aromatic heterocycles. The first-order valence-electron chi connectivity index (χ1n) is 8.06. The van der Waals surface area contributed by atoms with Crippen molar-refractivity contribution in [1.29, 1.82) is 0 Å². The van der Waals surface area contributed by atoms with Gasteiger partial charge in [-0.1, -0.05) is 24.3 Å². The molecule has 3 rings (SSSR count). The summed E-state index contributed by atoms with van der Waals surface area (Å²) >= 11 is 0. The summed E-state index contributed by atoms with van der Waals surface area (Å²) in [5, 5.41) is 1.21. The molecule has 0 aliphatic heterocycles. The lowest BCUT2D eigenvalue weighted by atomic mass is 10.1. The lowest BCUT2D eigenvalue weighted by molar-refractivity contribution is 0.0783. The average Bonchev–Trinajstić information content (AvgIpc) is 2.90. The van der Waals surface area contributed by atoms with E-state index in [4.69, 9.17) is 0 Å². The Hall–Kier alpha value is -2.75. The van der Waals surface area contributed by atoms with Crippen molar-refractivity contribution in [2.45, 2.75) is 13.5 Å². The number of aromatic nitrogens is 1. The molecule has 0 fully saturated rings. The Labute approximate surface area is 142 Å². The monoisotopic (exact) mass is 321 g/mol. The van der Waals surface area contributed by atoms with Crippen molar-refractivity contribution in [2.24, 2.45) is 0 Å². The first-order valence-corrected chi connectivity index (χ1v) is 8.06. The number of anilines is 1. The maximum atomic E-state index is 12.7. The lowest BCUT2D eigenvalue weighted by Gasteiger charge is -2.19. The van der Waals surface area contributed by atoms with Crippen molar-refractivity contribution in [2.75, 3.05) is 26.0 Å². The number of H-pyrrole nitrogens is 1. The van der Waals surface area contributed by atoms with E-state index in [1.165, 1.54) is 10.9 Å². The Morgan fingerprint density at radius 2 is 1.79 bits per heavy atom. The minimum Gasteiger partial charge on any atom is -0.378 e. The van der Waals surface area contributed by atoms with Crippen LogP contribution in [0.2, 0.25) is 0 Å². The number of amides is 1. The molecule has 0 radical (unpaired) electrons. The van der Waals surface area contributed by atoms with Crippen molar-refractivity contribution in [3.63, 3.8) is 0 Å². The number of aryl methyl sites for hydroxylation is 1. The highest BCUT2D eigenvalue weighted by atomic mass is 16.2. The van der Waals surface area contributed by atoms with E-state index < -0.39 is 0 Å². The van der Waals surface area contributed by atoms with E-state index in [0.717, 1.165) is 16.9 Å². The van der Waals surface area contributed by atoms with Crippen molar-refractivity contribution in [3.05, 3.63) is 65.4 Å². The molecule has 0 aliphatic carbocycles. The SMILES string of the molecule is Cc1c(CN(C)C(=O)c2cccc(N(C)C)c2)[nH]c2ccccc12. The van der Waals surface area contributed by atoms with Crippen LogP contribution >= 0.6 is 0 Å². The van der Waals surface area contributed by atoms with Gasteiger partial charge in [0.2, 0.25) is 0 Å². The normalized spacial score (nSPS) is 10.8. The lowest BCUT2D eigenvalue weighted by Crippen LogP contribution is -2.26. The number of hydrogen-bond donors (Lipinski definition) is 1. The van der Waals surface area contributed by atoms with Gasteiger partial charge in [0.15, 0.2) is 0 Å². The number of rotatable bonds is 4. The minimum atomic E-state index is 0.0248. The quantitative estimate of drug-likeness (QED) is 0.793. The number of fused-ring (bicyclic) bond motifs is 1. The van der Waals surface area contributed by atoms with Crippen LogP contribution in [0, 0.1) is 6.92 Å². The van der Waals surface area contributed by atoms with Crippen LogP contribution < -0.4 is 4.90 Å². The van der Waals surface area contributed by atoms with E-state index in [1.54, 1.807) is 4.90 Å². The van der Waals surface area contributed by atoms with Crippen LogP contribution in [-0.2, 0) is 6.54 Å². The van der Waals surface area contributed by atoms with E-state index in [1.807, 2.05) is 62.4 Å². The Morgan fingerprint density at radius 3 is 2.50 bits per heavy atom. The predicted octanol–water partition coefficient (Wildman–Crippen LogP) is 3.81. The molecule has 2 aromatic carbocycles. The molecule has 0 bridgehead atoms. The van der Waals surface area contributed by atoms with Gasteiger partial charge in [0.25, 0.3) is 5.91 Å². The highest BCUT2D eigenvalue weighted by Gasteiger charge is 2.15. The van der Waals surface area contributed by atoms with Gasteiger partial charge in [-0.2, -0.15) is 0 Å². The maximum Gasteiger partial charge on any atom is 0.254 e. The highest BCUT2D eigenvalue weighted by molar-refractivity contribution is 5.95. The highest BCUT2D eigenvalue weighted by Crippen LogP contribution is 2.23. The summed E-state index contributed by atoms with van der Waals surface area (Å²) in [6.45, 7) is 2.66. The largest absolute Gasteiger partial charge is 0.378 e. The summed E-state index contributed by atoms with van der Waals surface area (Å²) in [5.41, 5.74) is 5.12. The molecular formula is C20H23N3O. The van der Waals surface area contributed by atoms with Crippen LogP contribution in [0.3, 0.4) is 0 Å². The number of para-hydroxylation sites is 1. The fourth-order valence-corrected chi connectivity index (χ4v) is 2.94. The maximum absolute atomic E-state index is 12.7. The fraction of sp³-hybridized carbons (Fsp3) is 0.250. The van der Waals surface area contributed by atoms with Gasteiger partial charge in [-0.15, -0.1) is 0 Å². The molecule has 1 N–H and O–H groups in total. The summed E-state index contributed by atoms with van der Waals surface area (Å²) in [7, 11) is 5.79. The number of carbonyl (C=O) groups excluding carboxylic acids is 1. The molecule has 0 saturated heterocycles. The van der Waals surface area contributed by atoms with Gasteiger partial charge in [-0.3, -0.25) is 4.79 Å². The molecule has 0 atom stereocenters. The second-order valence-electron chi connectivity index (χ2n) is 6.38. The van der Waals surface area contributed by atoms with Gasteiger partial charge >= 0.3 is 0 Å². The zero-order chi connectivity index (χ0) is 17.3. The van der Waals surface area contributed by atoms with Crippen LogP contribution in [0.25, 0.3) is 10.9 Å². The molecule has 0 saturated carbocycles. The third kappa shape index (κ3) is 3.00. The summed E-state index contributed by atoms with van der Waals surface area (Å²) in [6.07, 6.45) is 0. The summed E-state index contributed by atoms with van der Waals surface area (Å²) < 4.78 is 0. The zero-order valence-electron chi connectivity index (χ0n) is 14.6. The summed E-state index contributed by atoms with van der Waals surface area (Å²) in [6, 6.07) is 15.9. The standard InChI is InChI=1S/C20H23N3O/c1-14-17-10-5-6-11-18(17)21-19(14)13-23(4)20(24)15-8-7-9-16(12-15)22(2)3/h5-12,21H,13H2,1-4H3. The topological polar surface area (TPSA) is 39.3 Å². The molecule has 0 aliphatic rings. The molecule has 0 spiro atoms. The fourth-order valence-electron chi connectivity index (χ4n) is 2.94. The van der Waals surface area contributed by atoms with E-state index in [0.29, 0.717) is 12.1 Å². The van der Waals surface area contributed by atoms with Crippen LogP contribution in [0.5, 0.6) is 0 Å². The van der Waals surface area contributed by atoms with Gasteiger partial charge in [-0.05, 0) is 36.8 Å². The van der Waals surface area contributed by atoms with Crippen LogP contribution in [-0.4, -0.2) is 36.9 Å². The first-order chi connectivity index (χ1) is 11.5. The number of carbonyl (C=O) groups is 1. The number of benzene rings is 2. The molecule has 4 heteroatoms. The zero-order valence-corrected chi connectivity index (χ0v) is 14.6. The molecule has 1 amide bonds. The molecule has 4 nitrogen and oxygen atoms in total. The number of aromatic amines is 1. The van der Waals surface area contributed by atoms with Gasteiger partial charge in [0.1, 0.15) is 0 Å². The second kappa shape index (κ2) is 6.40. The third-order valence-electron chi connectivity index (χ3n) is 4.42. The summed E-state index contributed by atoms with van der Waals surface area (Å²) in [5.74, 6) is 0.0248. The predicted molar refractivity (Wildman–Crippen MR) is 99.6 cm³/mol. The average molecular weight is 321 g/mol. The van der Waals surface area contributed by atoms with E-state index in [2.05, 4.69) is 24.0 Å². The molecule has 3 aromatic rings. The van der Waals surface area contributed by atoms with Crippen LogP contribution in [0.4, 0.5) is 5.69 Å². The van der Waals surface area contributed by atoms with E-state index in [-0.39, 0.29) is 5.91 Å². The van der Waals surface area contributed by atoms with Crippen molar-refractivity contribution >= 4 is 22.5 Å². The Bertz CT molecular complexity index is 879. The Morgan fingerprint density at radius 1 is 1.04 bits per heavy atom. The molecule has 1 heterocycles. The van der Waals surface area contributed by atoms with E-state index >= 15 is 0 Å². The molecule has 24 heavy (non-hydrogen) atoms. The number of nitrogens with zero attached hydrogens (tertiary/aromatic N) is 2. The number of hydrogen-bond acceptors (Lipinski definition) is 2. The summed E-state index contributed by atoms with van der Waals surface area (Å²) in [4.78, 5) is 19.9.